The van der Waals surface area contributed by atoms with Gasteiger partial charge in [-0.25, -0.2) is 4.85 Å². The molecule has 0 aliphatic carbocycles. The lowest BCUT2D eigenvalue weighted by molar-refractivity contribution is 1.14. The number of rotatable bonds is 4. The summed E-state index contributed by atoms with van der Waals surface area (Å²) in [5.74, 6) is 0. The van der Waals surface area contributed by atoms with Crippen LogP contribution in [0.1, 0.15) is 5.56 Å². The molecule has 0 radical (unpaired) electrons. The molecule has 5 nitrogen and oxygen atoms in total. The highest BCUT2D eigenvalue weighted by Crippen LogP contribution is 2.55. The lowest BCUT2D eigenvalue weighted by Gasteiger charge is -2.25. The summed E-state index contributed by atoms with van der Waals surface area (Å²) in [4.78, 5) is 9.61. The number of hydrogen-bond acceptors (Lipinski definition) is 5. The van der Waals surface area contributed by atoms with Crippen molar-refractivity contribution >= 4 is 144 Å². The third kappa shape index (κ3) is 5.17. The zero-order valence-electron chi connectivity index (χ0n) is 36.4. The molecular formula is C61H31N5S3. The average molecular weight is 930 g/mol. The molecule has 0 saturated heterocycles. The number of aromatic nitrogens is 3. The molecule has 69 heavy (non-hydrogen) atoms. The molecule has 0 amide bonds. The average Bonchev–Trinajstić information content (AvgIpc) is 4.23. The third-order valence-electron chi connectivity index (χ3n) is 14.0. The summed E-state index contributed by atoms with van der Waals surface area (Å²) < 4.78 is 11.8. The molecule has 6 aromatic heterocycles. The zero-order valence-corrected chi connectivity index (χ0v) is 38.8. The van der Waals surface area contributed by atoms with Crippen LogP contribution in [0.25, 0.3) is 143 Å². The van der Waals surface area contributed by atoms with Crippen LogP contribution in [-0.2, 0) is 0 Å². The Kier molecular flexibility index (Phi) is 8.05. The summed E-state index contributed by atoms with van der Waals surface area (Å²) in [7, 11) is 0. The van der Waals surface area contributed by atoms with Gasteiger partial charge >= 0.3 is 0 Å². The van der Waals surface area contributed by atoms with Crippen molar-refractivity contribution in [2.24, 2.45) is 0 Å². The summed E-state index contributed by atoms with van der Waals surface area (Å²) in [6, 6.07) is 67.1. The van der Waals surface area contributed by atoms with Gasteiger partial charge < -0.3 is 9.13 Å². The first-order valence-corrected chi connectivity index (χ1v) is 25.2. The lowest BCUT2D eigenvalue weighted by atomic mass is 9.90. The first-order valence-electron chi connectivity index (χ1n) is 22.7. The molecule has 15 rings (SSSR count). The van der Waals surface area contributed by atoms with Gasteiger partial charge in [0.05, 0.1) is 65.4 Å². The smallest absolute Gasteiger partial charge is 0.221 e. The SMILES string of the molecule is [C-]#[N+]c1c(-c2ccccn2)c(C#N)c(-n2c3ccccc3c3ccc4c5ccccc5sc4c32)c(-c2ccccc2)c1-n1c2c(ccc3c4ccccc4sc32)c2ccc3c4ccccc4sc3c21. The fourth-order valence-electron chi connectivity index (χ4n) is 11.2. The van der Waals surface area contributed by atoms with Crippen LogP contribution < -0.4 is 0 Å². The number of thiophene rings is 3. The summed E-state index contributed by atoms with van der Waals surface area (Å²) in [6.07, 6.45) is 1.76. The Bertz CT molecular complexity index is 4670. The minimum absolute atomic E-state index is 0.371. The van der Waals surface area contributed by atoms with E-state index in [0.29, 0.717) is 28.2 Å². The second-order valence-electron chi connectivity index (χ2n) is 17.5. The van der Waals surface area contributed by atoms with Gasteiger partial charge in [0, 0.05) is 85.3 Å². The molecule has 6 heterocycles. The number of benzene rings is 9. The van der Waals surface area contributed by atoms with Gasteiger partial charge in [0.2, 0.25) is 5.69 Å². The van der Waals surface area contributed by atoms with Gasteiger partial charge in [-0.3, -0.25) is 4.98 Å². The van der Waals surface area contributed by atoms with E-state index >= 15 is 0 Å². The normalized spacial score (nSPS) is 12.0. The molecule has 0 spiro atoms. The Labute approximate surface area is 405 Å². The predicted molar refractivity (Wildman–Crippen MR) is 293 cm³/mol. The molecular weight excluding hydrogens is 899 g/mol. The Hall–Kier alpha value is -8.63. The highest BCUT2D eigenvalue weighted by atomic mass is 32.1. The number of nitriles is 1. The maximum absolute atomic E-state index is 12.0. The van der Waals surface area contributed by atoms with Crippen LogP contribution >= 0.6 is 34.0 Å². The number of para-hydroxylation sites is 1. The van der Waals surface area contributed by atoms with E-state index in [0.717, 1.165) is 79.9 Å². The van der Waals surface area contributed by atoms with Crippen LogP contribution in [0.4, 0.5) is 5.69 Å². The number of hydrogen-bond donors (Lipinski definition) is 0. The minimum atomic E-state index is 0.371. The minimum Gasteiger partial charge on any atom is -0.316 e. The molecule has 0 bridgehead atoms. The predicted octanol–water partition coefficient (Wildman–Crippen LogP) is 18.1. The van der Waals surface area contributed by atoms with Crippen molar-refractivity contribution in [3.05, 3.63) is 205 Å². The van der Waals surface area contributed by atoms with Gasteiger partial charge in [-0.1, -0.05) is 146 Å². The van der Waals surface area contributed by atoms with E-state index < -0.39 is 0 Å². The maximum Gasteiger partial charge on any atom is 0.221 e. The fourth-order valence-corrected chi connectivity index (χ4v) is 15.0. The van der Waals surface area contributed by atoms with E-state index in [-0.39, 0.29) is 0 Å². The van der Waals surface area contributed by atoms with E-state index in [9.17, 15) is 11.8 Å². The van der Waals surface area contributed by atoms with Gasteiger partial charge in [-0.2, -0.15) is 5.26 Å². The van der Waals surface area contributed by atoms with Crippen molar-refractivity contribution in [3.8, 4) is 39.8 Å². The largest absolute Gasteiger partial charge is 0.316 e. The standard InChI is InChI=1S/C61H31N5S3/c1-63-53-52(46-21-13-14-32-64-46)45(33-62)54(65-47-22-9-5-17-35(47)39-26-29-42-36-18-6-10-23-48(36)67-59(42)55(39)65)51(34-15-3-2-4-16-34)58(53)66-56-40(27-30-43-37-19-7-11-24-49(37)68-60(43)56)41-28-31-44-38-20-8-12-25-50(38)69-61(44)57(41)66/h2-32H. The second-order valence-corrected chi connectivity index (χ2v) is 20.6. The van der Waals surface area contributed by atoms with Crippen LogP contribution in [0.2, 0.25) is 0 Å². The van der Waals surface area contributed by atoms with Crippen molar-refractivity contribution in [1.82, 2.24) is 14.1 Å². The van der Waals surface area contributed by atoms with Crippen LogP contribution in [0, 0.1) is 17.9 Å². The summed E-state index contributed by atoms with van der Waals surface area (Å²) >= 11 is 5.37. The van der Waals surface area contributed by atoms with Crippen LogP contribution in [0.15, 0.2) is 188 Å². The molecule has 0 saturated carbocycles. The van der Waals surface area contributed by atoms with E-state index in [1.807, 2.05) is 24.3 Å². The van der Waals surface area contributed by atoms with Gasteiger partial charge in [0.25, 0.3) is 0 Å². The number of fused-ring (bicyclic) bond motifs is 18. The molecule has 0 aliphatic rings. The fraction of sp³-hybridized carbons (Fsp3) is 0. The summed E-state index contributed by atoms with van der Waals surface area (Å²) in [5, 5.41) is 23.5. The Morgan fingerprint density at radius 1 is 0.435 bits per heavy atom. The molecule has 0 aliphatic heterocycles. The first kappa shape index (κ1) is 38.5. The number of nitrogens with zero attached hydrogens (tertiary/aromatic N) is 5. The molecule has 0 N–H and O–H groups in total. The highest BCUT2D eigenvalue weighted by molar-refractivity contribution is 7.27. The molecule has 15 aromatic rings. The van der Waals surface area contributed by atoms with Gasteiger partial charge in [0.15, 0.2) is 0 Å². The van der Waals surface area contributed by atoms with Crippen LogP contribution in [0.5, 0.6) is 0 Å². The molecule has 318 valence electrons. The first-order chi connectivity index (χ1) is 34.2. The van der Waals surface area contributed by atoms with Crippen molar-refractivity contribution in [2.75, 3.05) is 0 Å². The molecule has 0 atom stereocenters. The molecule has 0 fully saturated rings. The van der Waals surface area contributed by atoms with Crippen LogP contribution in [-0.4, -0.2) is 14.1 Å². The van der Waals surface area contributed by atoms with E-state index in [4.69, 9.17) is 4.98 Å². The highest BCUT2D eigenvalue weighted by Gasteiger charge is 2.34. The van der Waals surface area contributed by atoms with Crippen molar-refractivity contribution in [1.29, 1.82) is 5.26 Å². The van der Waals surface area contributed by atoms with Gasteiger partial charge in [0.1, 0.15) is 6.07 Å². The number of pyridine rings is 1. The topological polar surface area (TPSA) is 50.9 Å². The lowest BCUT2D eigenvalue weighted by Crippen LogP contribution is -2.09. The van der Waals surface area contributed by atoms with E-state index in [1.54, 1.807) is 40.2 Å². The Morgan fingerprint density at radius 3 is 1.42 bits per heavy atom. The molecule has 0 unspecified atom stereocenters. The summed E-state index contributed by atoms with van der Waals surface area (Å²) in [5.41, 5.74) is 9.03. The van der Waals surface area contributed by atoms with E-state index in [2.05, 4.69) is 178 Å². The van der Waals surface area contributed by atoms with Crippen molar-refractivity contribution in [3.63, 3.8) is 0 Å². The van der Waals surface area contributed by atoms with Gasteiger partial charge in [-0.15, -0.1) is 34.0 Å². The maximum atomic E-state index is 12.0. The summed E-state index contributed by atoms with van der Waals surface area (Å²) in [6.45, 7) is 9.48. The monoisotopic (exact) mass is 929 g/mol. The van der Waals surface area contributed by atoms with Crippen molar-refractivity contribution < 1.29 is 0 Å². The van der Waals surface area contributed by atoms with E-state index in [1.165, 1.54) is 41.0 Å². The quantitative estimate of drug-likeness (QED) is 0.165. The Balaban J connectivity index is 1.27. The van der Waals surface area contributed by atoms with Crippen molar-refractivity contribution in [2.45, 2.75) is 0 Å². The van der Waals surface area contributed by atoms with Crippen LogP contribution in [0.3, 0.4) is 0 Å². The second kappa shape index (κ2) is 14.4. The third-order valence-corrected chi connectivity index (χ3v) is 17.6. The molecule has 9 aromatic carbocycles. The Morgan fingerprint density at radius 2 is 0.899 bits per heavy atom. The molecule has 8 heteroatoms. The van der Waals surface area contributed by atoms with Gasteiger partial charge in [-0.05, 0) is 42.0 Å². The zero-order chi connectivity index (χ0) is 45.5.